The van der Waals surface area contributed by atoms with Crippen LogP contribution in [0.25, 0.3) is 0 Å². The van der Waals surface area contributed by atoms with Crippen LogP contribution in [0.3, 0.4) is 0 Å². The predicted octanol–water partition coefficient (Wildman–Crippen LogP) is 12.5. The van der Waals surface area contributed by atoms with Crippen LogP contribution in [-0.4, -0.2) is 49.9 Å². The minimum Gasteiger partial charge on any atom is -0.457 e. The highest BCUT2D eigenvalue weighted by Gasteiger charge is 2.25. The molecule has 2 atom stereocenters. The molecule has 0 bridgehead atoms. The smallest absolute Gasteiger partial charge is 0.457 e. The molecule has 0 aliphatic carbocycles. The van der Waals surface area contributed by atoms with Gasteiger partial charge in [-0.2, -0.15) is 0 Å². The van der Waals surface area contributed by atoms with Crippen molar-refractivity contribution in [3.8, 4) is 0 Å². The molecular formula is C41H84NO7P. The summed E-state index contributed by atoms with van der Waals surface area (Å²) in [6.07, 6.45) is 39.7. The highest BCUT2D eigenvalue weighted by molar-refractivity contribution is 7.47. The summed E-state index contributed by atoms with van der Waals surface area (Å²) in [6.45, 7) is 4.98. The van der Waals surface area contributed by atoms with Gasteiger partial charge in [0.2, 0.25) is 0 Å². The molecule has 0 aromatic carbocycles. The fraction of sp³-hybridized carbons (Fsp3) is 0.976. The molecule has 0 aliphatic heterocycles. The van der Waals surface area contributed by atoms with Crippen LogP contribution in [-0.2, 0) is 27.9 Å². The SMILES string of the molecule is CCCCCCCCCCCCCCCCCCCCC(=O)OC(COCCCCCCCCCCCCCCC)COP(=O)(O)OCCN. The number of hydrogen-bond acceptors (Lipinski definition) is 7. The lowest BCUT2D eigenvalue weighted by molar-refractivity contribution is -0.154. The van der Waals surface area contributed by atoms with Crippen LogP contribution >= 0.6 is 7.82 Å². The quantitative estimate of drug-likeness (QED) is 0.0362. The number of ether oxygens (including phenoxy) is 2. The Morgan fingerprint density at radius 3 is 1.26 bits per heavy atom. The Morgan fingerprint density at radius 1 is 0.520 bits per heavy atom. The van der Waals surface area contributed by atoms with Crippen molar-refractivity contribution in [3.05, 3.63) is 0 Å². The van der Waals surface area contributed by atoms with Crippen molar-refractivity contribution >= 4 is 13.8 Å². The van der Waals surface area contributed by atoms with Gasteiger partial charge in [0.05, 0.1) is 19.8 Å². The minimum atomic E-state index is -4.26. The lowest BCUT2D eigenvalue weighted by Gasteiger charge is -2.20. The zero-order valence-corrected chi connectivity index (χ0v) is 34.1. The van der Waals surface area contributed by atoms with E-state index in [1.807, 2.05) is 0 Å². The third-order valence-electron chi connectivity index (χ3n) is 9.52. The summed E-state index contributed by atoms with van der Waals surface area (Å²) in [6, 6.07) is 0. The van der Waals surface area contributed by atoms with E-state index in [0.717, 1.165) is 32.1 Å². The van der Waals surface area contributed by atoms with Crippen LogP contribution in [0.4, 0.5) is 0 Å². The van der Waals surface area contributed by atoms with E-state index in [-0.39, 0.29) is 32.3 Å². The average Bonchev–Trinajstić information content (AvgIpc) is 3.10. The maximum absolute atomic E-state index is 12.6. The molecule has 300 valence electrons. The van der Waals surface area contributed by atoms with Gasteiger partial charge in [-0.05, 0) is 12.8 Å². The molecule has 8 nitrogen and oxygen atoms in total. The van der Waals surface area contributed by atoms with Crippen LogP contribution < -0.4 is 5.73 Å². The van der Waals surface area contributed by atoms with Crippen molar-refractivity contribution in [2.45, 2.75) is 225 Å². The van der Waals surface area contributed by atoms with Gasteiger partial charge in [0.25, 0.3) is 0 Å². The van der Waals surface area contributed by atoms with Crippen LogP contribution in [0.5, 0.6) is 0 Å². The first kappa shape index (κ1) is 49.5. The fourth-order valence-electron chi connectivity index (χ4n) is 6.35. The second-order valence-electron chi connectivity index (χ2n) is 14.6. The van der Waals surface area contributed by atoms with Crippen molar-refractivity contribution in [1.29, 1.82) is 0 Å². The van der Waals surface area contributed by atoms with E-state index in [9.17, 15) is 14.3 Å². The average molecular weight is 734 g/mol. The lowest BCUT2D eigenvalue weighted by atomic mass is 10.0. The normalized spacial score (nSPS) is 13.4. The summed E-state index contributed by atoms with van der Waals surface area (Å²) in [7, 11) is -4.26. The largest absolute Gasteiger partial charge is 0.472 e. The van der Waals surface area contributed by atoms with E-state index >= 15 is 0 Å². The number of hydrogen-bond donors (Lipinski definition) is 2. The molecule has 0 heterocycles. The zero-order chi connectivity index (χ0) is 36.6. The molecule has 0 saturated heterocycles. The minimum absolute atomic E-state index is 0.0901. The van der Waals surface area contributed by atoms with Crippen LogP contribution in [0.1, 0.15) is 219 Å². The molecule has 0 fully saturated rings. The second kappa shape index (κ2) is 39.7. The van der Waals surface area contributed by atoms with Crippen LogP contribution in [0.15, 0.2) is 0 Å². The lowest BCUT2D eigenvalue weighted by Crippen LogP contribution is -2.28. The van der Waals surface area contributed by atoms with Crippen molar-refractivity contribution < 1.29 is 32.8 Å². The van der Waals surface area contributed by atoms with Crippen molar-refractivity contribution in [1.82, 2.24) is 0 Å². The van der Waals surface area contributed by atoms with E-state index in [4.69, 9.17) is 24.3 Å². The molecule has 0 aromatic heterocycles. The van der Waals surface area contributed by atoms with Crippen molar-refractivity contribution in [2.75, 3.05) is 33.0 Å². The van der Waals surface area contributed by atoms with E-state index in [2.05, 4.69) is 13.8 Å². The molecule has 0 rings (SSSR count). The van der Waals surface area contributed by atoms with Crippen LogP contribution in [0, 0.1) is 0 Å². The second-order valence-corrected chi connectivity index (χ2v) is 16.0. The molecule has 0 aliphatic rings. The third-order valence-corrected chi connectivity index (χ3v) is 10.5. The van der Waals surface area contributed by atoms with Gasteiger partial charge in [0, 0.05) is 19.6 Å². The zero-order valence-electron chi connectivity index (χ0n) is 33.2. The van der Waals surface area contributed by atoms with Gasteiger partial charge in [-0.3, -0.25) is 13.8 Å². The molecule has 0 saturated carbocycles. The molecule has 3 N–H and O–H groups in total. The predicted molar refractivity (Wildman–Crippen MR) is 211 cm³/mol. The molecule has 2 unspecified atom stereocenters. The summed E-state index contributed by atoms with van der Waals surface area (Å²) in [5.41, 5.74) is 5.36. The van der Waals surface area contributed by atoms with Gasteiger partial charge < -0.3 is 20.1 Å². The summed E-state index contributed by atoms with van der Waals surface area (Å²) in [4.78, 5) is 22.4. The number of carbonyl (C=O) groups is 1. The molecular weight excluding hydrogens is 649 g/mol. The van der Waals surface area contributed by atoms with E-state index < -0.39 is 13.9 Å². The number of phosphoric ester groups is 1. The Kier molecular flexibility index (Phi) is 39.3. The van der Waals surface area contributed by atoms with Gasteiger partial charge in [0.15, 0.2) is 0 Å². The Bertz CT molecular complexity index is 742. The van der Waals surface area contributed by atoms with Gasteiger partial charge in [-0.25, -0.2) is 4.57 Å². The Morgan fingerprint density at radius 2 is 0.880 bits per heavy atom. The molecule has 0 radical (unpaired) electrons. The molecule has 0 spiro atoms. The topological polar surface area (TPSA) is 117 Å². The number of nitrogens with two attached hydrogens (primary N) is 1. The molecule has 9 heteroatoms. The number of esters is 1. The number of phosphoric acid groups is 1. The number of rotatable bonds is 42. The Balaban J connectivity index is 3.96. The Labute approximate surface area is 310 Å². The Hall–Kier alpha value is -0.500. The monoisotopic (exact) mass is 734 g/mol. The first-order valence-corrected chi connectivity index (χ1v) is 23.0. The first-order chi connectivity index (χ1) is 24.4. The maximum Gasteiger partial charge on any atom is 0.472 e. The molecule has 0 aromatic rings. The van der Waals surface area contributed by atoms with E-state index in [0.29, 0.717) is 13.0 Å². The fourth-order valence-corrected chi connectivity index (χ4v) is 7.12. The summed E-state index contributed by atoms with van der Waals surface area (Å²) in [5, 5.41) is 0. The highest BCUT2D eigenvalue weighted by atomic mass is 31.2. The summed E-state index contributed by atoms with van der Waals surface area (Å²) >= 11 is 0. The summed E-state index contributed by atoms with van der Waals surface area (Å²) < 4.78 is 33.4. The van der Waals surface area contributed by atoms with Crippen molar-refractivity contribution in [3.63, 3.8) is 0 Å². The van der Waals surface area contributed by atoms with Gasteiger partial charge in [-0.15, -0.1) is 0 Å². The van der Waals surface area contributed by atoms with Crippen LogP contribution in [0.2, 0.25) is 0 Å². The van der Waals surface area contributed by atoms with Gasteiger partial charge in [0.1, 0.15) is 6.10 Å². The van der Waals surface area contributed by atoms with Gasteiger partial charge in [-0.1, -0.05) is 200 Å². The van der Waals surface area contributed by atoms with Crippen molar-refractivity contribution in [2.24, 2.45) is 5.73 Å². The number of carbonyl (C=O) groups excluding carboxylic acids is 1. The third kappa shape index (κ3) is 38.7. The molecule has 50 heavy (non-hydrogen) atoms. The summed E-state index contributed by atoms with van der Waals surface area (Å²) in [5.74, 6) is -0.324. The van der Waals surface area contributed by atoms with Gasteiger partial charge >= 0.3 is 13.8 Å². The first-order valence-electron chi connectivity index (χ1n) is 21.5. The number of unbranched alkanes of at least 4 members (excludes halogenated alkanes) is 29. The van der Waals surface area contributed by atoms with E-state index in [1.54, 1.807) is 0 Å². The van der Waals surface area contributed by atoms with E-state index in [1.165, 1.54) is 167 Å². The highest BCUT2D eigenvalue weighted by Crippen LogP contribution is 2.43. The molecule has 0 amide bonds. The maximum atomic E-state index is 12.6. The standard InChI is InChI=1S/C41H84NO7P/c1-3-5-7-9-11-13-15-17-18-19-20-21-22-24-26-28-30-32-34-41(43)49-40(39-48-50(44,45)47-37-35-42)38-46-36-33-31-29-27-25-23-16-14-12-10-8-6-4-2/h40H,3-39,42H2,1-2H3,(H,44,45).